The van der Waals surface area contributed by atoms with E-state index in [1.807, 2.05) is 0 Å². The first-order valence-electron chi connectivity index (χ1n) is 4.68. The molecular weight excluding hydrogens is 308 g/mol. The monoisotopic (exact) mass is 316 g/mol. The summed E-state index contributed by atoms with van der Waals surface area (Å²) >= 11 is 3.29. The van der Waals surface area contributed by atoms with E-state index in [0.717, 1.165) is 10.0 Å². The van der Waals surface area contributed by atoms with Crippen molar-refractivity contribution in [1.82, 2.24) is 9.97 Å². The summed E-state index contributed by atoms with van der Waals surface area (Å²) in [5, 5.41) is -0.0696. The smallest absolute Gasteiger partial charge is 0.356 e. The highest BCUT2D eigenvalue weighted by Gasteiger charge is 2.19. The van der Waals surface area contributed by atoms with Crippen LogP contribution in [0.15, 0.2) is 40.2 Å². The molecule has 1 heterocycles. The molecule has 0 bridgehead atoms. The van der Waals surface area contributed by atoms with Gasteiger partial charge in [0.05, 0.1) is 12.5 Å². The van der Waals surface area contributed by atoms with Gasteiger partial charge in [0.15, 0.2) is 5.03 Å². The van der Waals surface area contributed by atoms with Gasteiger partial charge in [0, 0.05) is 4.47 Å². The predicted molar refractivity (Wildman–Crippen MR) is 65.3 cm³/mol. The molecule has 2 rings (SSSR count). The summed E-state index contributed by atoms with van der Waals surface area (Å²) in [4.78, 5) is 6.14. The maximum Gasteiger partial charge on any atom is 0.356 e. The molecule has 0 aliphatic heterocycles. The number of hydrogen-bond acceptors (Lipinski definition) is 4. The molecule has 0 aliphatic carbocycles. The van der Waals surface area contributed by atoms with Crippen molar-refractivity contribution in [2.75, 3.05) is 0 Å². The predicted octanol–water partition coefficient (Wildman–Crippen LogP) is 2.25. The second-order valence-electron chi connectivity index (χ2n) is 3.36. The minimum atomic E-state index is -3.84. The summed E-state index contributed by atoms with van der Waals surface area (Å²) in [6, 6.07) is 5.08. The SMILES string of the molecule is Cc1cc(Br)ccc1OS(=O)(=O)c1cnc[nH]1. The largest absolute Gasteiger partial charge is 0.378 e. The van der Waals surface area contributed by atoms with Gasteiger partial charge >= 0.3 is 10.1 Å². The molecule has 0 fully saturated rings. The summed E-state index contributed by atoms with van der Waals surface area (Å²) in [6.45, 7) is 1.77. The van der Waals surface area contributed by atoms with E-state index in [1.54, 1.807) is 25.1 Å². The van der Waals surface area contributed by atoms with Crippen LogP contribution in [0.3, 0.4) is 0 Å². The molecule has 1 aromatic heterocycles. The number of aromatic amines is 1. The lowest BCUT2D eigenvalue weighted by atomic mass is 10.2. The molecule has 0 saturated heterocycles. The van der Waals surface area contributed by atoms with Crippen LogP contribution in [0.2, 0.25) is 0 Å². The van der Waals surface area contributed by atoms with Crippen LogP contribution in [-0.4, -0.2) is 18.4 Å². The molecule has 1 aromatic carbocycles. The zero-order valence-corrected chi connectivity index (χ0v) is 11.2. The normalized spacial score (nSPS) is 11.4. The van der Waals surface area contributed by atoms with Crippen molar-refractivity contribution >= 4 is 26.0 Å². The first-order chi connectivity index (χ1) is 7.99. The zero-order valence-electron chi connectivity index (χ0n) is 8.84. The van der Waals surface area contributed by atoms with Crippen LogP contribution < -0.4 is 4.18 Å². The Labute approximate surface area is 107 Å². The Bertz CT molecular complexity index is 623. The van der Waals surface area contributed by atoms with Gasteiger partial charge in [-0.2, -0.15) is 8.42 Å². The number of imidazole rings is 1. The highest BCUT2D eigenvalue weighted by atomic mass is 79.9. The molecule has 17 heavy (non-hydrogen) atoms. The Morgan fingerprint density at radius 2 is 2.18 bits per heavy atom. The fraction of sp³-hybridized carbons (Fsp3) is 0.100. The lowest BCUT2D eigenvalue weighted by Crippen LogP contribution is -2.10. The summed E-state index contributed by atoms with van der Waals surface area (Å²) in [6.07, 6.45) is 2.48. The number of halogens is 1. The lowest BCUT2D eigenvalue weighted by Gasteiger charge is -2.07. The number of aryl methyl sites for hydroxylation is 1. The van der Waals surface area contributed by atoms with Crippen LogP contribution in [0.1, 0.15) is 5.56 Å². The van der Waals surface area contributed by atoms with Gasteiger partial charge in [-0.25, -0.2) is 4.98 Å². The topological polar surface area (TPSA) is 72.1 Å². The van der Waals surface area contributed by atoms with Crippen LogP contribution in [-0.2, 0) is 10.1 Å². The Hall–Kier alpha value is -1.34. The summed E-state index contributed by atoms with van der Waals surface area (Å²) in [5.74, 6) is 0.294. The van der Waals surface area contributed by atoms with Gasteiger partial charge in [-0.05, 0) is 30.7 Å². The molecule has 0 amide bonds. The van der Waals surface area contributed by atoms with Crippen molar-refractivity contribution in [2.45, 2.75) is 11.9 Å². The van der Waals surface area contributed by atoms with Crippen molar-refractivity contribution < 1.29 is 12.6 Å². The van der Waals surface area contributed by atoms with E-state index in [4.69, 9.17) is 4.18 Å². The Morgan fingerprint density at radius 3 is 2.76 bits per heavy atom. The van der Waals surface area contributed by atoms with E-state index >= 15 is 0 Å². The molecule has 0 spiro atoms. The van der Waals surface area contributed by atoms with Crippen molar-refractivity contribution in [3.8, 4) is 5.75 Å². The van der Waals surface area contributed by atoms with Gasteiger partial charge < -0.3 is 9.17 Å². The van der Waals surface area contributed by atoms with Gasteiger partial charge in [0.2, 0.25) is 0 Å². The second-order valence-corrected chi connectivity index (χ2v) is 5.79. The highest BCUT2D eigenvalue weighted by molar-refractivity contribution is 9.10. The minimum absolute atomic E-state index is 0.0696. The molecule has 90 valence electrons. The fourth-order valence-corrected chi connectivity index (χ4v) is 2.62. The van der Waals surface area contributed by atoms with E-state index in [1.165, 1.54) is 12.5 Å². The second kappa shape index (κ2) is 4.50. The molecule has 0 saturated carbocycles. The third-order valence-corrected chi connectivity index (χ3v) is 3.73. The van der Waals surface area contributed by atoms with Gasteiger partial charge in [-0.15, -0.1) is 0 Å². The summed E-state index contributed by atoms with van der Waals surface area (Å²) in [7, 11) is -3.84. The van der Waals surface area contributed by atoms with E-state index in [9.17, 15) is 8.42 Å². The third kappa shape index (κ3) is 2.67. The number of hydrogen-bond donors (Lipinski definition) is 1. The fourth-order valence-electron chi connectivity index (χ4n) is 1.25. The van der Waals surface area contributed by atoms with Gasteiger partial charge in [0.1, 0.15) is 5.75 Å². The molecule has 2 aromatic rings. The summed E-state index contributed by atoms with van der Waals surface area (Å²) in [5.41, 5.74) is 0.725. The van der Waals surface area contributed by atoms with E-state index < -0.39 is 10.1 Å². The number of nitrogens with one attached hydrogen (secondary N) is 1. The van der Waals surface area contributed by atoms with Gasteiger partial charge in [-0.3, -0.25) is 0 Å². The van der Waals surface area contributed by atoms with Crippen LogP contribution in [0.4, 0.5) is 0 Å². The Balaban J connectivity index is 2.33. The van der Waals surface area contributed by atoms with Crippen molar-refractivity contribution in [2.24, 2.45) is 0 Å². The van der Waals surface area contributed by atoms with Crippen molar-refractivity contribution in [1.29, 1.82) is 0 Å². The van der Waals surface area contributed by atoms with Crippen LogP contribution >= 0.6 is 15.9 Å². The quantitative estimate of drug-likeness (QED) is 0.881. The number of H-pyrrole nitrogens is 1. The maximum absolute atomic E-state index is 11.8. The first-order valence-corrected chi connectivity index (χ1v) is 6.88. The molecule has 1 N–H and O–H groups in total. The Kier molecular flexibility index (Phi) is 3.21. The average Bonchev–Trinajstić information content (AvgIpc) is 2.76. The minimum Gasteiger partial charge on any atom is -0.378 e. The first kappa shape index (κ1) is 12.1. The highest BCUT2D eigenvalue weighted by Crippen LogP contribution is 2.24. The zero-order chi connectivity index (χ0) is 12.5. The number of benzene rings is 1. The van der Waals surface area contributed by atoms with Crippen molar-refractivity contribution in [3.05, 3.63) is 40.8 Å². The third-order valence-electron chi connectivity index (χ3n) is 2.08. The van der Waals surface area contributed by atoms with E-state index in [-0.39, 0.29) is 5.03 Å². The average molecular weight is 317 g/mol. The van der Waals surface area contributed by atoms with E-state index in [2.05, 4.69) is 25.9 Å². The number of rotatable bonds is 3. The Morgan fingerprint density at radius 1 is 1.41 bits per heavy atom. The molecule has 5 nitrogen and oxygen atoms in total. The molecule has 0 aliphatic rings. The molecule has 0 radical (unpaired) electrons. The molecule has 0 atom stereocenters. The maximum atomic E-state index is 11.8. The number of aromatic nitrogens is 2. The van der Waals surface area contributed by atoms with E-state index in [0.29, 0.717) is 5.75 Å². The van der Waals surface area contributed by atoms with Crippen LogP contribution in [0.25, 0.3) is 0 Å². The standard InChI is InChI=1S/C10H9BrN2O3S/c1-7-4-8(11)2-3-9(7)16-17(14,15)10-5-12-6-13-10/h2-6H,1H3,(H,12,13). The number of nitrogens with zero attached hydrogens (tertiary/aromatic N) is 1. The van der Waals surface area contributed by atoms with Gasteiger partial charge in [0.25, 0.3) is 0 Å². The van der Waals surface area contributed by atoms with Gasteiger partial charge in [-0.1, -0.05) is 15.9 Å². The van der Waals surface area contributed by atoms with Crippen molar-refractivity contribution in [3.63, 3.8) is 0 Å². The summed E-state index contributed by atoms with van der Waals surface area (Å²) < 4.78 is 29.5. The molecular formula is C10H9BrN2O3S. The molecule has 0 unspecified atom stereocenters. The molecule has 7 heteroatoms. The van der Waals surface area contributed by atoms with Crippen LogP contribution in [0, 0.1) is 6.92 Å². The van der Waals surface area contributed by atoms with Crippen LogP contribution in [0.5, 0.6) is 5.75 Å². The lowest BCUT2D eigenvalue weighted by molar-refractivity contribution is 0.481.